The predicted molar refractivity (Wildman–Crippen MR) is 119 cm³/mol. The molecule has 3 N–H and O–H groups in total. The van der Waals surface area contributed by atoms with Crippen LogP contribution in [0.4, 0.5) is 11.4 Å². The summed E-state index contributed by atoms with van der Waals surface area (Å²) in [6, 6.07) is 22.1. The molecule has 0 aliphatic carbocycles. The first-order valence-corrected chi connectivity index (χ1v) is 9.65. The molecule has 0 radical (unpaired) electrons. The minimum atomic E-state index is -0.206. The molecule has 3 aromatic carbocycles. The van der Waals surface area contributed by atoms with Gasteiger partial charge in [0.2, 0.25) is 5.91 Å². The Balaban J connectivity index is 1.45. The summed E-state index contributed by atoms with van der Waals surface area (Å²) >= 11 is 0. The van der Waals surface area contributed by atoms with Crippen molar-refractivity contribution in [2.45, 2.75) is 13.5 Å². The second kappa shape index (κ2) is 10.1. The molecule has 0 aromatic heterocycles. The van der Waals surface area contributed by atoms with E-state index in [1.54, 1.807) is 55.6 Å². The molecular weight excluding hydrogens is 378 g/mol. The van der Waals surface area contributed by atoms with Gasteiger partial charge in [0.15, 0.2) is 0 Å². The summed E-state index contributed by atoms with van der Waals surface area (Å²) < 4.78 is 5.11. The molecule has 6 heteroatoms. The molecule has 0 heterocycles. The summed E-state index contributed by atoms with van der Waals surface area (Å²) in [4.78, 5) is 24.4. The number of benzene rings is 3. The Morgan fingerprint density at radius 1 is 0.833 bits per heavy atom. The van der Waals surface area contributed by atoms with Gasteiger partial charge in [-0.2, -0.15) is 0 Å². The van der Waals surface area contributed by atoms with Crippen LogP contribution >= 0.6 is 0 Å². The average Bonchev–Trinajstić information content (AvgIpc) is 2.78. The third kappa shape index (κ3) is 6.10. The lowest BCUT2D eigenvalue weighted by atomic mass is 10.1. The summed E-state index contributed by atoms with van der Waals surface area (Å²) in [5.41, 5.74) is 4.23. The van der Waals surface area contributed by atoms with Gasteiger partial charge in [0, 0.05) is 23.5 Å². The van der Waals surface area contributed by atoms with E-state index in [-0.39, 0.29) is 18.4 Å². The molecule has 0 bridgehead atoms. The van der Waals surface area contributed by atoms with Crippen molar-refractivity contribution in [3.8, 4) is 5.75 Å². The third-order valence-corrected chi connectivity index (χ3v) is 4.56. The number of hydrogen-bond donors (Lipinski definition) is 3. The molecule has 0 spiro atoms. The first-order valence-electron chi connectivity index (χ1n) is 9.65. The highest BCUT2D eigenvalue weighted by molar-refractivity contribution is 6.04. The number of carbonyl (C=O) groups excluding carboxylic acids is 2. The Hall–Kier alpha value is -3.80. The van der Waals surface area contributed by atoms with E-state index in [2.05, 4.69) is 16.0 Å². The number of amides is 2. The quantitative estimate of drug-likeness (QED) is 0.531. The van der Waals surface area contributed by atoms with Crippen LogP contribution in [-0.2, 0) is 11.3 Å². The second-order valence-corrected chi connectivity index (χ2v) is 6.88. The Bertz CT molecular complexity index is 982. The highest BCUT2D eigenvalue weighted by Crippen LogP contribution is 2.16. The van der Waals surface area contributed by atoms with Crippen molar-refractivity contribution in [2.24, 2.45) is 0 Å². The van der Waals surface area contributed by atoms with E-state index in [1.165, 1.54) is 5.56 Å². The van der Waals surface area contributed by atoms with Gasteiger partial charge in [-0.3, -0.25) is 9.59 Å². The lowest BCUT2D eigenvalue weighted by Crippen LogP contribution is -2.29. The number of rotatable bonds is 8. The fourth-order valence-electron chi connectivity index (χ4n) is 2.77. The number of anilines is 2. The number of aryl methyl sites for hydroxylation is 1. The first-order chi connectivity index (χ1) is 14.5. The topological polar surface area (TPSA) is 79.5 Å². The fourth-order valence-corrected chi connectivity index (χ4v) is 2.77. The minimum absolute atomic E-state index is 0.100. The molecule has 3 rings (SSSR count). The SMILES string of the molecule is COc1ccc(NC(=O)c2ccc(NCC(=O)NCc3ccc(C)cc3)cc2)cc1. The summed E-state index contributed by atoms with van der Waals surface area (Å²) in [5.74, 6) is 0.422. The maximum atomic E-state index is 12.4. The van der Waals surface area contributed by atoms with Crippen molar-refractivity contribution < 1.29 is 14.3 Å². The second-order valence-electron chi connectivity index (χ2n) is 6.88. The molecule has 6 nitrogen and oxygen atoms in total. The monoisotopic (exact) mass is 403 g/mol. The standard InChI is InChI=1S/C24H25N3O3/c1-17-3-5-18(6-4-17)15-26-23(28)16-25-20-9-7-19(8-10-20)24(29)27-21-11-13-22(30-2)14-12-21/h3-14,25H,15-16H2,1-2H3,(H,26,28)(H,27,29). The maximum Gasteiger partial charge on any atom is 0.255 e. The highest BCUT2D eigenvalue weighted by Gasteiger charge is 2.07. The van der Waals surface area contributed by atoms with E-state index in [0.717, 1.165) is 17.0 Å². The molecule has 0 aliphatic rings. The van der Waals surface area contributed by atoms with E-state index in [9.17, 15) is 9.59 Å². The lowest BCUT2D eigenvalue weighted by molar-refractivity contribution is -0.119. The van der Waals surface area contributed by atoms with Crippen molar-refractivity contribution in [3.63, 3.8) is 0 Å². The summed E-state index contributed by atoms with van der Waals surface area (Å²) in [6.07, 6.45) is 0. The van der Waals surface area contributed by atoms with Crippen LogP contribution in [0.15, 0.2) is 72.8 Å². The summed E-state index contributed by atoms with van der Waals surface area (Å²) in [7, 11) is 1.59. The fraction of sp³-hybridized carbons (Fsp3) is 0.167. The Morgan fingerprint density at radius 2 is 1.47 bits per heavy atom. The molecule has 0 saturated carbocycles. The Kier molecular flexibility index (Phi) is 7.05. The van der Waals surface area contributed by atoms with Crippen LogP contribution in [0.5, 0.6) is 5.75 Å². The first kappa shape index (κ1) is 20.9. The van der Waals surface area contributed by atoms with Crippen LogP contribution in [0.1, 0.15) is 21.5 Å². The number of hydrogen-bond acceptors (Lipinski definition) is 4. The van der Waals surface area contributed by atoms with Crippen molar-refractivity contribution in [1.29, 1.82) is 0 Å². The van der Waals surface area contributed by atoms with Gasteiger partial charge >= 0.3 is 0 Å². The zero-order chi connectivity index (χ0) is 21.3. The van der Waals surface area contributed by atoms with Crippen LogP contribution in [-0.4, -0.2) is 25.5 Å². The largest absolute Gasteiger partial charge is 0.497 e. The smallest absolute Gasteiger partial charge is 0.255 e. The van der Waals surface area contributed by atoms with E-state index in [4.69, 9.17) is 4.74 Å². The maximum absolute atomic E-state index is 12.4. The molecule has 2 amide bonds. The number of ether oxygens (including phenoxy) is 1. The van der Waals surface area contributed by atoms with Crippen molar-refractivity contribution in [3.05, 3.63) is 89.5 Å². The Morgan fingerprint density at radius 3 is 2.10 bits per heavy atom. The van der Waals surface area contributed by atoms with Gasteiger partial charge in [-0.15, -0.1) is 0 Å². The van der Waals surface area contributed by atoms with Gasteiger partial charge in [0.05, 0.1) is 13.7 Å². The zero-order valence-electron chi connectivity index (χ0n) is 17.1. The van der Waals surface area contributed by atoms with Crippen LogP contribution in [0.3, 0.4) is 0 Å². The molecule has 0 fully saturated rings. The zero-order valence-corrected chi connectivity index (χ0v) is 17.1. The highest BCUT2D eigenvalue weighted by atomic mass is 16.5. The van der Waals surface area contributed by atoms with Crippen LogP contribution in [0.2, 0.25) is 0 Å². The normalized spacial score (nSPS) is 10.2. The molecule has 0 unspecified atom stereocenters. The van der Waals surface area contributed by atoms with Gasteiger partial charge < -0.3 is 20.7 Å². The van der Waals surface area contributed by atoms with Gasteiger partial charge in [0.1, 0.15) is 5.75 Å². The third-order valence-electron chi connectivity index (χ3n) is 4.56. The average molecular weight is 403 g/mol. The number of nitrogens with one attached hydrogen (secondary N) is 3. The minimum Gasteiger partial charge on any atom is -0.497 e. The molecule has 3 aromatic rings. The van der Waals surface area contributed by atoms with Gasteiger partial charge in [-0.1, -0.05) is 29.8 Å². The van der Waals surface area contributed by atoms with Crippen molar-refractivity contribution in [1.82, 2.24) is 5.32 Å². The molecule has 0 saturated heterocycles. The summed E-state index contributed by atoms with van der Waals surface area (Å²) in [5, 5.41) is 8.78. The Labute approximate surface area is 176 Å². The van der Waals surface area contributed by atoms with E-state index in [1.807, 2.05) is 31.2 Å². The molecule has 0 atom stereocenters. The molecular formula is C24H25N3O3. The van der Waals surface area contributed by atoms with Crippen LogP contribution in [0, 0.1) is 6.92 Å². The molecule has 0 aliphatic heterocycles. The lowest BCUT2D eigenvalue weighted by Gasteiger charge is -2.09. The van der Waals surface area contributed by atoms with Crippen molar-refractivity contribution in [2.75, 3.05) is 24.3 Å². The predicted octanol–water partition coefficient (Wildman–Crippen LogP) is 3.98. The van der Waals surface area contributed by atoms with Gasteiger partial charge in [0.25, 0.3) is 5.91 Å². The van der Waals surface area contributed by atoms with E-state index < -0.39 is 0 Å². The van der Waals surface area contributed by atoms with E-state index >= 15 is 0 Å². The summed E-state index contributed by atoms with van der Waals surface area (Å²) in [6.45, 7) is 2.68. The molecule has 154 valence electrons. The number of methoxy groups -OCH3 is 1. The van der Waals surface area contributed by atoms with Crippen LogP contribution < -0.4 is 20.7 Å². The van der Waals surface area contributed by atoms with Crippen molar-refractivity contribution >= 4 is 23.2 Å². The van der Waals surface area contributed by atoms with Gasteiger partial charge in [-0.05, 0) is 61.0 Å². The van der Waals surface area contributed by atoms with Gasteiger partial charge in [-0.25, -0.2) is 0 Å². The van der Waals surface area contributed by atoms with Crippen LogP contribution in [0.25, 0.3) is 0 Å². The number of carbonyl (C=O) groups is 2. The van der Waals surface area contributed by atoms with E-state index in [0.29, 0.717) is 17.8 Å². The molecule has 30 heavy (non-hydrogen) atoms.